The molecule has 134 valence electrons. The molecule has 1 aromatic rings. The zero-order chi connectivity index (χ0) is 17.7. The maximum Gasteiger partial charge on any atom is 0.236 e. The van der Waals surface area contributed by atoms with E-state index in [-0.39, 0.29) is 23.9 Å². The van der Waals surface area contributed by atoms with Gasteiger partial charge in [0.25, 0.3) is 0 Å². The fourth-order valence-electron chi connectivity index (χ4n) is 3.00. The minimum absolute atomic E-state index is 0.107. The first-order chi connectivity index (χ1) is 11.4. The summed E-state index contributed by atoms with van der Waals surface area (Å²) in [5.41, 5.74) is 0.955. The van der Waals surface area contributed by atoms with E-state index in [0.29, 0.717) is 25.6 Å². The van der Waals surface area contributed by atoms with E-state index in [1.54, 1.807) is 12.1 Å². The van der Waals surface area contributed by atoms with E-state index in [9.17, 15) is 9.18 Å². The van der Waals surface area contributed by atoms with E-state index in [4.69, 9.17) is 4.74 Å². The Hall–Kier alpha value is -1.46. The number of nitrogens with zero attached hydrogens (tertiary/aromatic N) is 2. The van der Waals surface area contributed by atoms with E-state index in [2.05, 4.69) is 32.6 Å². The summed E-state index contributed by atoms with van der Waals surface area (Å²) in [7, 11) is 0. The van der Waals surface area contributed by atoms with Gasteiger partial charge in [0.2, 0.25) is 5.91 Å². The molecule has 5 heteroatoms. The summed E-state index contributed by atoms with van der Waals surface area (Å²) in [6.45, 7) is 11.5. The van der Waals surface area contributed by atoms with Crippen molar-refractivity contribution in [2.45, 2.75) is 39.8 Å². The SMILES string of the molecule is CC(C)CN(C(=O)CN1CCO[C@@H](c2ccc(F)cc2)C1)C(C)C. The van der Waals surface area contributed by atoms with Gasteiger partial charge in [-0.05, 0) is 37.5 Å². The first kappa shape index (κ1) is 18.9. The van der Waals surface area contributed by atoms with Gasteiger partial charge in [0, 0.05) is 25.7 Å². The van der Waals surface area contributed by atoms with Crippen LogP contribution < -0.4 is 0 Å². The number of halogens is 1. The van der Waals surface area contributed by atoms with Gasteiger partial charge in [0.1, 0.15) is 5.82 Å². The van der Waals surface area contributed by atoms with E-state index < -0.39 is 0 Å². The molecule has 24 heavy (non-hydrogen) atoms. The normalized spacial score (nSPS) is 19.0. The number of ether oxygens (including phenoxy) is 1. The lowest BCUT2D eigenvalue weighted by molar-refractivity contribution is -0.136. The number of morpholine rings is 1. The second-order valence-corrected chi connectivity index (χ2v) is 7.18. The maximum absolute atomic E-state index is 13.1. The third-order valence-electron chi connectivity index (χ3n) is 4.26. The number of carbonyl (C=O) groups excluding carboxylic acids is 1. The minimum Gasteiger partial charge on any atom is -0.371 e. The van der Waals surface area contributed by atoms with Gasteiger partial charge in [-0.15, -0.1) is 0 Å². The Balaban J connectivity index is 1.96. The Morgan fingerprint density at radius 3 is 2.54 bits per heavy atom. The molecule has 0 saturated carbocycles. The van der Waals surface area contributed by atoms with Crippen LogP contribution in [0.25, 0.3) is 0 Å². The number of carbonyl (C=O) groups is 1. The molecule has 2 rings (SSSR count). The average molecular weight is 336 g/mol. The highest BCUT2D eigenvalue weighted by Gasteiger charge is 2.26. The van der Waals surface area contributed by atoms with Gasteiger partial charge in [-0.3, -0.25) is 9.69 Å². The predicted octanol–water partition coefficient (Wildman–Crippen LogP) is 3.09. The summed E-state index contributed by atoms with van der Waals surface area (Å²) in [6, 6.07) is 6.61. The van der Waals surface area contributed by atoms with Crippen molar-refractivity contribution in [3.63, 3.8) is 0 Å². The lowest BCUT2D eigenvalue weighted by Gasteiger charge is -2.35. The zero-order valence-electron chi connectivity index (χ0n) is 15.2. The second-order valence-electron chi connectivity index (χ2n) is 7.18. The van der Waals surface area contributed by atoms with Gasteiger partial charge in [-0.1, -0.05) is 26.0 Å². The molecule has 0 spiro atoms. The molecular formula is C19H29FN2O2. The molecule has 0 bridgehead atoms. The zero-order valence-corrected chi connectivity index (χ0v) is 15.2. The molecule has 1 amide bonds. The topological polar surface area (TPSA) is 32.8 Å². The molecule has 0 radical (unpaired) electrons. The standard InChI is InChI=1S/C19H29FN2O2/c1-14(2)11-22(15(3)4)19(23)13-21-9-10-24-18(12-21)16-5-7-17(20)8-6-16/h5-8,14-15,18H,9-13H2,1-4H3/t18-/m1/s1. The molecule has 1 aliphatic rings. The molecule has 1 saturated heterocycles. The van der Waals surface area contributed by atoms with Crippen molar-refractivity contribution in [2.75, 3.05) is 32.8 Å². The average Bonchev–Trinajstić information content (AvgIpc) is 2.53. The molecule has 4 nitrogen and oxygen atoms in total. The second kappa shape index (κ2) is 8.58. The van der Waals surface area contributed by atoms with Crippen molar-refractivity contribution in [2.24, 2.45) is 5.92 Å². The Bertz CT molecular complexity index is 531. The number of rotatable bonds is 6. The molecule has 0 aromatic heterocycles. The van der Waals surface area contributed by atoms with Crippen molar-refractivity contribution in [3.8, 4) is 0 Å². The summed E-state index contributed by atoms with van der Waals surface area (Å²) >= 11 is 0. The van der Waals surface area contributed by atoms with Gasteiger partial charge in [-0.25, -0.2) is 4.39 Å². The lowest BCUT2D eigenvalue weighted by Crippen LogP contribution is -2.48. The minimum atomic E-state index is -0.247. The fourth-order valence-corrected chi connectivity index (χ4v) is 3.00. The number of benzene rings is 1. The molecule has 0 N–H and O–H groups in total. The van der Waals surface area contributed by atoms with E-state index in [0.717, 1.165) is 18.7 Å². The van der Waals surface area contributed by atoms with Crippen LogP contribution in [0.4, 0.5) is 4.39 Å². The summed E-state index contributed by atoms with van der Waals surface area (Å²) < 4.78 is 18.9. The van der Waals surface area contributed by atoms with Gasteiger partial charge in [0.05, 0.1) is 19.3 Å². The molecule has 1 heterocycles. The first-order valence-electron chi connectivity index (χ1n) is 8.75. The molecule has 1 atom stereocenters. The highest BCUT2D eigenvalue weighted by atomic mass is 19.1. The molecule has 1 fully saturated rings. The Morgan fingerprint density at radius 1 is 1.29 bits per heavy atom. The van der Waals surface area contributed by atoms with Crippen molar-refractivity contribution in [1.29, 1.82) is 0 Å². The van der Waals surface area contributed by atoms with Crippen LogP contribution in [0.2, 0.25) is 0 Å². The van der Waals surface area contributed by atoms with Gasteiger partial charge in [-0.2, -0.15) is 0 Å². The molecule has 1 aliphatic heterocycles. The van der Waals surface area contributed by atoms with Crippen molar-refractivity contribution in [1.82, 2.24) is 9.80 Å². The van der Waals surface area contributed by atoms with Crippen LogP contribution in [0.5, 0.6) is 0 Å². The van der Waals surface area contributed by atoms with E-state index in [1.807, 2.05) is 4.90 Å². The summed E-state index contributed by atoms with van der Waals surface area (Å²) in [4.78, 5) is 16.8. The third kappa shape index (κ3) is 5.28. The third-order valence-corrected chi connectivity index (χ3v) is 4.26. The summed E-state index contributed by atoms with van der Waals surface area (Å²) in [5.74, 6) is 0.370. The van der Waals surface area contributed by atoms with Crippen LogP contribution in [0.15, 0.2) is 24.3 Å². The summed E-state index contributed by atoms with van der Waals surface area (Å²) in [5, 5.41) is 0. The molecule has 0 aliphatic carbocycles. The molecular weight excluding hydrogens is 307 g/mol. The highest BCUT2D eigenvalue weighted by molar-refractivity contribution is 5.78. The van der Waals surface area contributed by atoms with E-state index in [1.165, 1.54) is 12.1 Å². The lowest BCUT2D eigenvalue weighted by atomic mass is 10.1. The maximum atomic E-state index is 13.1. The first-order valence-corrected chi connectivity index (χ1v) is 8.75. The van der Waals surface area contributed by atoms with Crippen LogP contribution >= 0.6 is 0 Å². The summed E-state index contributed by atoms with van der Waals surface area (Å²) in [6.07, 6.45) is -0.107. The predicted molar refractivity (Wildman–Crippen MR) is 93.2 cm³/mol. The molecule has 0 unspecified atom stereocenters. The van der Waals surface area contributed by atoms with Crippen LogP contribution in [0.3, 0.4) is 0 Å². The fraction of sp³-hybridized carbons (Fsp3) is 0.632. The Kier molecular flexibility index (Phi) is 6.75. The largest absolute Gasteiger partial charge is 0.371 e. The van der Waals surface area contributed by atoms with Crippen LogP contribution in [-0.4, -0.2) is 54.5 Å². The Morgan fingerprint density at radius 2 is 1.96 bits per heavy atom. The quantitative estimate of drug-likeness (QED) is 0.800. The smallest absolute Gasteiger partial charge is 0.236 e. The van der Waals surface area contributed by atoms with Gasteiger partial charge < -0.3 is 9.64 Å². The van der Waals surface area contributed by atoms with Crippen LogP contribution in [0.1, 0.15) is 39.4 Å². The molecule has 1 aromatic carbocycles. The Labute approximate surface area is 144 Å². The number of hydrogen-bond donors (Lipinski definition) is 0. The van der Waals surface area contributed by atoms with Gasteiger partial charge >= 0.3 is 0 Å². The monoisotopic (exact) mass is 336 g/mol. The van der Waals surface area contributed by atoms with Crippen LogP contribution in [-0.2, 0) is 9.53 Å². The van der Waals surface area contributed by atoms with Crippen molar-refractivity contribution < 1.29 is 13.9 Å². The number of hydrogen-bond acceptors (Lipinski definition) is 3. The van der Waals surface area contributed by atoms with E-state index >= 15 is 0 Å². The number of amides is 1. The van der Waals surface area contributed by atoms with Crippen molar-refractivity contribution >= 4 is 5.91 Å². The van der Waals surface area contributed by atoms with Gasteiger partial charge in [0.15, 0.2) is 0 Å². The van der Waals surface area contributed by atoms with Crippen LogP contribution in [0, 0.1) is 11.7 Å². The van der Waals surface area contributed by atoms with Crippen molar-refractivity contribution in [3.05, 3.63) is 35.6 Å². The highest BCUT2D eigenvalue weighted by Crippen LogP contribution is 2.22.